The summed E-state index contributed by atoms with van der Waals surface area (Å²) in [4.78, 5) is 1.30. The molecular formula is C7H5Br3S. The standard InChI is InChI=1S/C7H5Br3S/c1-4(8)2-5-3-6(9)7(10)11-5/h3H,1-2H2. The van der Waals surface area contributed by atoms with E-state index in [-0.39, 0.29) is 0 Å². The molecule has 0 nitrogen and oxygen atoms in total. The van der Waals surface area contributed by atoms with E-state index in [0.29, 0.717) is 0 Å². The van der Waals surface area contributed by atoms with Gasteiger partial charge in [0.2, 0.25) is 0 Å². The Labute approximate surface area is 95.1 Å². The minimum absolute atomic E-state index is 0.898. The molecule has 1 aromatic rings. The highest BCUT2D eigenvalue weighted by Crippen LogP contribution is 2.33. The zero-order chi connectivity index (χ0) is 8.43. The van der Waals surface area contributed by atoms with Crippen LogP contribution < -0.4 is 0 Å². The van der Waals surface area contributed by atoms with E-state index >= 15 is 0 Å². The van der Waals surface area contributed by atoms with Crippen molar-refractivity contribution in [2.24, 2.45) is 0 Å². The van der Waals surface area contributed by atoms with Crippen LogP contribution in [0.1, 0.15) is 4.88 Å². The van der Waals surface area contributed by atoms with Crippen LogP contribution in [-0.2, 0) is 6.42 Å². The number of allylic oxidation sites excluding steroid dienone is 1. The van der Waals surface area contributed by atoms with Crippen molar-refractivity contribution < 1.29 is 0 Å². The third-order valence-corrected chi connectivity index (χ3v) is 4.60. The first-order chi connectivity index (χ1) is 5.09. The SMILES string of the molecule is C=C(Br)Cc1cc(Br)c(Br)s1. The van der Waals surface area contributed by atoms with Gasteiger partial charge in [-0.25, -0.2) is 0 Å². The molecule has 1 rings (SSSR count). The van der Waals surface area contributed by atoms with Crippen LogP contribution >= 0.6 is 59.1 Å². The van der Waals surface area contributed by atoms with Crippen molar-refractivity contribution in [2.45, 2.75) is 6.42 Å². The van der Waals surface area contributed by atoms with Crippen molar-refractivity contribution in [3.63, 3.8) is 0 Å². The largest absolute Gasteiger partial charge is 0.132 e. The van der Waals surface area contributed by atoms with E-state index in [9.17, 15) is 0 Å². The minimum atomic E-state index is 0.898. The van der Waals surface area contributed by atoms with Gasteiger partial charge in [-0.1, -0.05) is 22.5 Å². The van der Waals surface area contributed by atoms with Crippen LogP contribution in [0.3, 0.4) is 0 Å². The molecule has 0 N–H and O–H groups in total. The maximum atomic E-state index is 3.78. The van der Waals surface area contributed by atoms with Crippen LogP contribution in [0.5, 0.6) is 0 Å². The average Bonchev–Trinajstić information content (AvgIpc) is 2.10. The van der Waals surface area contributed by atoms with Crippen molar-refractivity contribution in [1.82, 2.24) is 0 Å². The second-order valence-electron chi connectivity index (χ2n) is 2.03. The summed E-state index contributed by atoms with van der Waals surface area (Å²) in [6.45, 7) is 3.78. The van der Waals surface area contributed by atoms with Gasteiger partial charge < -0.3 is 0 Å². The lowest BCUT2D eigenvalue weighted by atomic mass is 10.3. The Morgan fingerprint density at radius 3 is 2.55 bits per heavy atom. The fraction of sp³-hybridized carbons (Fsp3) is 0.143. The van der Waals surface area contributed by atoms with Gasteiger partial charge in [0.1, 0.15) is 0 Å². The zero-order valence-electron chi connectivity index (χ0n) is 5.53. The van der Waals surface area contributed by atoms with Gasteiger partial charge in [0.25, 0.3) is 0 Å². The molecule has 0 bridgehead atoms. The Kier molecular flexibility index (Phi) is 3.81. The molecule has 0 aliphatic rings. The van der Waals surface area contributed by atoms with Crippen molar-refractivity contribution in [2.75, 3.05) is 0 Å². The van der Waals surface area contributed by atoms with Crippen molar-refractivity contribution in [3.8, 4) is 0 Å². The predicted molar refractivity (Wildman–Crippen MR) is 61.5 cm³/mol. The molecule has 60 valence electrons. The van der Waals surface area contributed by atoms with Gasteiger partial charge in [-0.05, 0) is 42.4 Å². The summed E-state index contributed by atoms with van der Waals surface area (Å²) in [6.07, 6.45) is 0.898. The second kappa shape index (κ2) is 4.21. The predicted octanol–water partition coefficient (Wildman–Crippen LogP) is 4.72. The van der Waals surface area contributed by atoms with Crippen LogP contribution in [0.25, 0.3) is 0 Å². The molecule has 0 unspecified atom stereocenters. The van der Waals surface area contributed by atoms with Gasteiger partial charge in [-0.2, -0.15) is 0 Å². The third kappa shape index (κ3) is 3.01. The average molecular weight is 361 g/mol. The molecule has 0 saturated heterocycles. The summed E-state index contributed by atoms with van der Waals surface area (Å²) in [7, 11) is 0. The summed E-state index contributed by atoms with van der Waals surface area (Å²) >= 11 is 11.9. The molecule has 0 radical (unpaired) electrons. The maximum absolute atomic E-state index is 3.78. The topological polar surface area (TPSA) is 0 Å². The maximum Gasteiger partial charge on any atom is 0.0843 e. The van der Waals surface area contributed by atoms with E-state index in [4.69, 9.17) is 0 Å². The summed E-state index contributed by atoms with van der Waals surface area (Å²) in [5, 5.41) is 0. The van der Waals surface area contributed by atoms with Crippen molar-refractivity contribution >= 4 is 59.1 Å². The van der Waals surface area contributed by atoms with Crippen LogP contribution in [0, 0.1) is 0 Å². The van der Waals surface area contributed by atoms with E-state index < -0.39 is 0 Å². The van der Waals surface area contributed by atoms with Crippen LogP contribution in [-0.4, -0.2) is 0 Å². The number of thiophene rings is 1. The molecule has 0 atom stereocenters. The molecule has 0 aromatic carbocycles. The molecule has 4 heteroatoms. The number of halogens is 3. The normalized spacial score (nSPS) is 10.1. The third-order valence-electron chi connectivity index (χ3n) is 1.06. The first-order valence-corrected chi connectivity index (χ1v) is 6.06. The van der Waals surface area contributed by atoms with Gasteiger partial charge in [0.15, 0.2) is 0 Å². The van der Waals surface area contributed by atoms with E-state index in [1.54, 1.807) is 11.3 Å². The fourth-order valence-corrected chi connectivity index (χ4v) is 3.37. The van der Waals surface area contributed by atoms with E-state index in [0.717, 1.165) is 19.2 Å². The first-order valence-electron chi connectivity index (χ1n) is 2.86. The van der Waals surface area contributed by atoms with Gasteiger partial charge in [0, 0.05) is 15.8 Å². The Balaban J connectivity index is 2.81. The van der Waals surface area contributed by atoms with Crippen LogP contribution in [0.2, 0.25) is 0 Å². The Morgan fingerprint density at radius 1 is 1.55 bits per heavy atom. The molecule has 0 spiro atoms. The smallest absolute Gasteiger partial charge is 0.0843 e. The highest BCUT2D eigenvalue weighted by Gasteiger charge is 2.03. The summed E-state index contributed by atoms with van der Waals surface area (Å²) < 4.78 is 3.27. The van der Waals surface area contributed by atoms with E-state index in [1.165, 1.54) is 4.88 Å². The highest BCUT2D eigenvalue weighted by molar-refractivity contribution is 9.13. The molecule has 11 heavy (non-hydrogen) atoms. The van der Waals surface area contributed by atoms with E-state index in [2.05, 4.69) is 60.4 Å². The van der Waals surface area contributed by atoms with E-state index in [1.807, 2.05) is 0 Å². The number of hydrogen-bond acceptors (Lipinski definition) is 1. The molecule has 0 amide bonds. The molecule has 1 aromatic heterocycles. The fourth-order valence-electron chi connectivity index (χ4n) is 0.668. The van der Waals surface area contributed by atoms with Crippen molar-refractivity contribution in [1.29, 1.82) is 0 Å². The number of hydrogen-bond donors (Lipinski definition) is 0. The quantitative estimate of drug-likeness (QED) is 0.715. The Bertz CT molecular complexity index is 258. The molecule has 0 saturated carbocycles. The highest BCUT2D eigenvalue weighted by atomic mass is 79.9. The van der Waals surface area contributed by atoms with Gasteiger partial charge in [-0.3, -0.25) is 0 Å². The molecule has 0 aliphatic carbocycles. The second-order valence-corrected chi connectivity index (χ2v) is 6.46. The Hall–Kier alpha value is 0.880. The molecular weight excluding hydrogens is 356 g/mol. The first kappa shape index (κ1) is 9.96. The lowest BCUT2D eigenvalue weighted by molar-refractivity contribution is 1.33. The Morgan fingerprint density at radius 2 is 2.18 bits per heavy atom. The molecule has 0 fully saturated rings. The van der Waals surface area contributed by atoms with Crippen LogP contribution in [0.15, 0.2) is 25.4 Å². The summed E-state index contributed by atoms with van der Waals surface area (Å²) in [5.74, 6) is 0. The number of rotatable bonds is 2. The van der Waals surface area contributed by atoms with Crippen molar-refractivity contribution in [3.05, 3.63) is 30.3 Å². The van der Waals surface area contributed by atoms with Crippen LogP contribution in [0.4, 0.5) is 0 Å². The lowest BCUT2D eigenvalue weighted by Gasteiger charge is -1.89. The summed E-state index contributed by atoms with van der Waals surface area (Å²) in [5.41, 5.74) is 0. The molecule has 0 aliphatic heterocycles. The monoisotopic (exact) mass is 358 g/mol. The lowest BCUT2D eigenvalue weighted by Crippen LogP contribution is -1.74. The van der Waals surface area contributed by atoms with Gasteiger partial charge >= 0.3 is 0 Å². The van der Waals surface area contributed by atoms with Gasteiger partial charge in [0.05, 0.1) is 3.79 Å². The van der Waals surface area contributed by atoms with Gasteiger partial charge in [-0.15, -0.1) is 11.3 Å². The molecule has 1 heterocycles. The zero-order valence-corrected chi connectivity index (χ0v) is 11.1. The minimum Gasteiger partial charge on any atom is -0.132 e. The summed E-state index contributed by atoms with van der Waals surface area (Å²) in [6, 6.07) is 2.10.